The first-order chi connectivity index (χ1) is 12.9. The summed E-state index contributed by atoms with van der Waals surface area (Å²) in [7, 11) is 3.11. The highest BCUT2D eigenvalue weighted by Crippen LogP contribution is 2.31. The van der Waals surface area contributed by atoms with Crippen LogP contribution >= 0.6 is 0 Å². The molecule has 0 bridgehead atoms. The van der Waals surface area contributed by atoms with E-state index >= 15 is 0 Å². The number of nitrogens with two attached hydrogens (primary N) is 1. The van der Waals surface area contributed by atoms with Gasteiger partial charge in [-0.05, 0) is 36.4 Å². The van der Waals surface area contributed by atoms with Crippen molar-refractivity contribution in [3.8, 4) is 17.0 Å². The van der Waals surface area contributed by atoms with E-state index in [4.69, 9.17) is 10.5 Å². The number of rotatable bonds is 5. The molecule has 0 atom stereocenters. The number of aryl methyl sites for hydroxylation is 1. The number of ether oxygens (including phenoxy) is 1. The fourth-order valence-electron chi connectivity index (χ4n) is 2.70. The van der Waals surface area contributed by atoms with Crippen LogP contribution in [0.4, 0.5) is 10.1 Å². The molecule has 27 heavy (non-hydrogen) atoms. The molecule has 3 N–H and O–H groups in total. The van der Waals surface area contributed by atoms with Crippen molar-refractivity contribution in [2.75, 3.05) is 12.4 Å². The number of benzene rings is 2. The second-order valence-corrected chi connectivity index (χ2v) is 5.75. The average molecular weight is 368 g/mol. The SMILES string of the molecule is COc1ccc(F)cc1-c1cc(C(=O)Nc2ccccc2C(N)=O)nn1C. The lowest BCUT2D eigenvalue weighted by Crippen LogP contribution is -2.18. The Kier molecular flexibility index (Phi) is 4.89. The maximum atomic E-state index is 13.7. The molecule has 0 saturated heterocycles. The Morgan fingerprint density at radius 3 is 2.63 bits per heavy atom. The molecule has 0 aliphatic heterocycles. The van der Waals surface area contributed by atoms with Gasteiger partial charge in [0.15, 0.2) is 5.69 Å². The standard InChI is InChI=1S/C19H17FN4O3/c1-24-16(13-9-11(20)7-8-17(13)27-2)10-15(23-24)19(26)22-14-6-4-3-5-12(14)18(21)25/h3-10H,1-2H3,(H2,21,25)(H,22,26). The summed E-state index contributed by atoms with van der Waals surface area (Å²) in [5.74, 6) is -1.17. The van der Waals surface area contributed by atoms with Gasteiger partial charge >= 0.3 is 0 Å². The van der Waals surface area contributed by atoms with E-state index in [1.54, 1.807) is 25.2 Å². The van der Waals surface area contributed by atoms with Crippen LogP contribution in [0.15, 0.2) is 48.5 Å². The zero-order valence-corrected chi connectivity index (χ0v) is 14.7. The number of carbonyl (C=O) groups excluding carboxylic acids is 2. The number of amides is 2. The third-order valence-electron chi connectivity index (χ3n) is 3.99. The first-order valence-electron chi connectivity index (χ1n) is 7.99. The number of para-hydroxylation sites is 1. The summed E-state index contributed by atoms with van der Waals surface area (Å²) < 4.78 is 20.4. The number of methoxy groups -OCH3 is 1. The lowest BCUT2D eigenvalue weighted by Gasteiger charge is -2.08. The van der Waals surface area contributed by atoms with Crippen LogP contribution in [0.25, 0.3) is 11.3 Å². The number of hydrogen-bond donors (Lipinski definition) is 2. The number of nitrogens with zero attached hydrogens (tertiary/aromatic N) is 2. The third-order valence-corrected chi connectivity index (χ3v) is 3.99. The predicted molar refractivity (Wildman–Crippen MR) is 98.1 cm³/mol. The molecular formula is C19H17FN4O3. The van der Waals surface area contributed by atoms with E-state index in [1.165, 1.54) is 42.1 Å². The molecule has 0 radical (unpaired) electrons. The molecule has 8 heteroatoms. The topological polar surface area (TPSA) is 99.2 Å². The van der Waals surface area contributed by atoms with Crippen molar-refractivity contribution < 1.29 is 18.7 Å². The average Bonchev–Trinajstić information content (AvgIpc) is 3.03. The summed E-state index contributed by atoms with van der Waals surface area (Å²) in [6, 6.07) is 12.0. The summed E-state index contributed by atoms with van der Waals surface area (Å²) in [6.45, 7) is 0. The molecule has 7 nitrogen and oxygen atoms in total. The Labute approximate surface area is 154 Å². The highest BCUT2D eigenvalue weighted by Gasteiger charge is 2.18. The quantitative estimate of drug-likeness (QED) is 0.723. The monoisotopic (exact) mass is 368 g/mol. The number of hydrogen-bond acceptors (Lipinski definition) is 4. The van der Waals surface area contributed by atoms with Crippen LogP contribution in [0.1, 0.15) is 20.8 Å². The molecular weight excluding hydrogens is 351 g/mol. The van der Waals surface area contributed by atoms with Gasteiger partial charge in [-0.25, -0.2) is 4.39 Å². The van der Waals surface area contributed by atoms with Crippen molar-refractivity contribution in [1.29, 1.82) is 0 Å². The summed E-state index contributed by atoms with van der Waals surface area (Å²) in [6.07, 6.45) is 0. The lowest BCUT2D eigenvalue weighted by atomic mass is 10.1. The maximum absolute atomic E-state index is 13.7. The highest BCUT2D eigenvalue weighted by molar-refractivity contribution is 6.08. The molecule has 2 aromatic carbocycles. The van der Waals surface area contributed by atoms with Crippen molar-refractivity contribution in [2.45, 2.75) is 0 Å². The van der Waals surface area contributed by atoms with Gasteiger partial charge in [0.2, 0.25) is 0 Å². The lowest BCUT2D eigenvalue weighted by molar-refractivity contribution is 0.100. The Morgan fingerprint density at radius 1 is 1.19 bits per heavy atom. The van der Waals surface area contributed by atoms with E-state index < -0.39 is 17.6 Å². The largest absolute Gasteiger partial charge is 0.496 e. The number of primary amides is 1. The minimum Gasteiger partial charge on any atom is -0.496 e. The Hall–Kier alpha value is -3.68. The summed E-state index contributed by atoms with van der Waals surface area (Å²) in [4.78, 5) is 24.1. The first-order valence-corrected chi connectivity index (χ1v) is 7.99. The number of aromatic nitrogens is 2. The molecule has 0 unspecified atom stereocenters. The fraction of sp³-hybridized carbons (Fsp3) is 0.105. The second kappa shape index (κ2) is 7.28. The van der Waals surface area contributed by atoms with Crippen molar-refractivity contribution in [2.24, 2.45) is 12.8 Å². The minimum absolute atomic E-state index is 0.0955. The molecule has 0 aliphatic rings. The van der Waals surface area contributed by atoms with Crippen molar-refractivity contribution in [3.63, 3.8) is 0 Å². The zero-order valence-electron chi connectivity index (χ0n) is 14.7. The Bertz CT molecular complexity index is 1030. The maximum Gasteiger partial charge on any atom is 0.276 e. The van der Waals surface area contributed by atoms with Crippen LogP contribution in [0.5, 0.6) is 5.75 Å². The van der Waals surface area contributed by atoms with Crippen molar-refractivity contribution >= 4 is 17.5 Å². The van der Waals surface area contributed by atoms with E-state index in [9.17, 15) is 14.0 Å². The van der Waals surface area contributed by atoms with Gasteiger partial charge in [0.1, 0.15) is 11.6 Å². The Morgan fingerprint density at radius 2 is 1.93 bits per heavy atom. The van der Waals surface area contributed by atoms with Gasteiger partial charge in [-0.1, -0.05) is 12.1 Å². The molecule has 3 rings (SSSR count). The molecule has 0 fully saturated rings. The van der Waals surface area contributed by atoms with Crippen molar-refractivity contribution in [3.05, 3.63) is 65.6 Å². The number of carbonyl (C=O) groups is 2. The fourth-order valence-corrected chi connectivity index (χ4v) is 2.70. The van der Waals surface area contributed by atoms with Crippen LogP contribution in [-0.2, 0) is 7.05 Å². The molecule has 0 aliphatic carbocycles. The first kappa shape index (κ1) is 18.1. The molecule has 3 aromatic rings. The van der Waals surface area contributed by atoms with E-state index in [2.05, 4.69) is 10.4 Å². The van der Waals surface area contributed by atoms with E-state index in [1.807, 2.05) is 0 Å². The van der Waals surface area contributed by atoms with Gasteiger partial charge in [-0.15, -0.1) is 0 Å². The number of anilines is 1. The van der Waals surface area contributed by atoms with Crippen molar-refractivity contribution in [1.82, 2.24) is 9.78 Å². The summed E-state index contributed by atoms with van der Waals surface area (Å²) in [5, 5.41) is 6.79. The van der Waals surface area contributed by atoms with Crippen LogP contribution in [-0.4, -0.2) is 28.7 Å². The minimum atomic E-state index is -0.655. The van der Waals surface area contributed by atoms with Gasteiger partial charge < -0.3 is 15.8 Å². The normalized spacial score (nSPS) is 10.5. The molecule has 2 amide bonds. The van der Waals surface area contributed by atoms with E-state index in [0.717, 1.165) is 0 Å². The van der Waals surface area contributed by atoms with Crippen LogP contribution in [0.3, 0.4) is 0 Å². The summed E-state index contributed by atoms with van der Waals surface area (Å²) >= 11 is 0. The third kappa shape index (κ3) is 3.64. The van der Waals surface area contributed by atoms with Gasteiger partial charge in [0.05, 0.1) is 24.1 Å². The van der Waals surface area contributed by atoms with Crippen LogP contribution < -0.4 is 15.8 Å². The molecule has 138 valence electrons. The Balaban J connectivity index is 1.95. The number of nitrogens with one attached hydrogen (secondary N) is 1. The molecule has 1 heterocycles. The zero-order chi connectivity index (χ0) is 19.6. The van der Waals surface area contributed by atoms with Crippen LogP contribution in [0.2, 0.25) is 0 Å². The van der Waals surface area contributed by atoms with Gasteiger partial charge in [0, 0.05) is 12.6 Å². The summed E-state index contributed by atoms with van der Waals surface area (Å²) in [5.41, 5.74) is 6.85. The van der Waals surface area contributed by atoms with Gasteiger partial charge in [-0.2, -0.15) is 5.10 Å². The van der Waals surface area contributed by atoms with Gasteiger partial charge in [0.25, 0.3) is 11.8 Å². The smallest absolute Gasteiger partial charge is 0.276 e. The second-order valence-electron chi connectivity index (χ2n) is 5.75. The van der Waals surface area contributed by atoms with E-state index in [-0.39, 0.29) is 16.9 Å². The van der Waals surface area contributed by atoms with E-state index in [0.29, 0.717) is 17.0 Å². The number of halogens is 1. The molecule has 0 spiro atoms. The van der Waals surface area contributed by atoms with Gasteiger partial charge in [-0.3, -0.25) is 14.3 Å². The van der Waals surface area contributed by atoms with Crippen LogP contribution in [0, 0.1) is 5.82 Å². The molecule has 1 aromatic heterocycles. The highest BCUT2D eigenvalue weighted by atomic mass is 19.1. The molecule has 0 saturated carbocycles. The predicted octanol–water partition coefficient (Wildman–Crippen LogP) is 2.59.